The van der Waals surface area contributed by atoms with Crippen molar-refractivity contribution < 1.29 is 14.4 Å². The van der Waals surface area contributed by atoms with E-state index in [0.717, 1.165) is 11.1 Å². The van der Waals surface area contributed by atoms with Crippen LogP contribution in [-0.4, -0.2) is 17.6 Å². The molecule has 0 radical (unpaired) electrons. The number of amides is 2. The molecular formula is C20H19NO3. The minimum absolute atomic E-state index is 0.0905. The first-order valence-corrected chi connectivity index (χ1v) is 7.99. The summed E-state index contributed by atoms with van der Waals surface area (Å²) >= 11 is 0. The Hall–Kier alpha value is -2.75. The number of hydrogen-bond acceptors (Lipinski definition) is 3. The van der Waals surface area contributed by atoms with Crippen molar-refractivity contribution in [3.63, 3.8) is 0 Å². The molecule has 1 aliphatic heterocycles. The highest BCUT2D eigenvalue weighted by molar-refractivity contribution is 6.21. The molecular weight excluding hydrogens is 302 g/mol. The van der Waals surface area contributed by atoms with Gasteiger partial charge in [-0.15, -0.1) is 0 Å². The minimum Gasteiger partial charge on any atom is -0.295 e. The third-order valence-electron chi connectivity index (χ3n) is 4.32. The molecule has 1 atom stereocenters. The van der Waals surface area contributed by atoms with E-state index in [2.05, 4.69) is 0 Å². The molecule has 1 unspecified atom stereocenters. The van der Waals surface area contributed by atoms with Gasteiger partial charge < -0.3 is 0 Å². The molecule has 1 aliphatic rings. The fourth-order valence-corrected chi connectivity index (χ4v) is 3.11. The van der Waals surface area contributed by atoms with Gasteiger partial charge in [0.15, 0.2) is 5.78 Å². The topological polar surface area (TPSA) is 54.5 Å². The van der Waals surface area contributed by atoms with Crippen LogP contribution < -0.4 is 4.90 Å². The van der Waals surface area contributed by atoms with Crippen molar-refractivity contribution >= 4 is 23.3 Å². The van der Waals surface area contributed by atoms with Crippen molar-refractivity contribution in [2.45, 2.75) is 26.7 Å². The second-order valence-electron chi connectivity index (χ2n) is 6.27. The Morgan fingerprint density at radius 1 is 1.12 bits per heavy atom. The maximum atomic E-state index is 12.7. The number of benzene rings is 2. The molecule has 0 aliphatic carbocycles. The number of ketones is 1. The second kappa shape index (κ2) is 6.40. The summed E-state index contributed by atoms with van der Waals surface area (Å²) in [6, 6.07) is 14.7. The van der Waals surface area contributed by atoms with E-state index in [-0.39, 0.29) is 29.9 Å². The molecule has 2 aromatic rings. The van der Waals surface area contributed by atoms with Gasteiger partial charge in [0.1, 0.15) is 0 Å². The van der Waals surface area contributed by atoms with Gasteiger partial charge in [-0.1, -0.05) is 42.0 Å². The summed E-state index contributed by atoms with van der Waals surface area (Å²) in [7, 11) is 0. The molecule has 0 N–H and O–H groups in total. The van der Waals surface area contributed by atoms with Gasteiger partial charge in [-0.05, 0) is 38.0 Å². The molecule has 4 nitrogen and oxygen atoms in total. The SMILES string of the molecule is CC(=O)c1cccc(N2C(=O)CC(Cc3cccc(C)c3)C2=O)c1. The largest absolute Gasteiger partial charge is 0.295 e. The first kappa shape index (κ1) is 16.1. The molecule has 1 saturated heterocycles. The number of anilines is 1. The standard InChI is InChI=1S/C20H19NO3/c1-13-5-3-6-15(9-13)10-17-12-19(23)21(20(17)24)18-8-4-7-16(11-18)14(2)22/h3-9,11,17H,10,12H2,1-2H3. The van der Waals surface area contributed by atoms with Crippen LogP contribution in [0.5, 0.6) is 0 Å². The van der Waals surface area contributed by atoms with Crippen LogP contribution in [-0.2, 0) is 16.0 Å². The van der Waals surface area contributed by atoms with Gasteiger partial charge in [0.2, 0.25) is 11.8 Å². The molecule has 122 valence electrons. The third kappa shape index (κ3) is 3.13. The van der Waals surface area contributed by atoms with E-state index in [1.165, 1.54) is 11.8 Å². The van der Waals surface area contributed by atoms with Crippen molar-refractivity contribution in [2.24, 2.45) is 5.92 Å². The van der Waals surface area contributed by atoms with Gasteiger partial charge in [0, 0.05) is 12.0 Å². The lowest BCUT2D eigenvalue weighted by atomic mass is 9.97. The zero-order valence-electron chi connectivity index (χ0n) is 13.8. The predicted octanol–water partition coefficient (Wildman–Crippen LogP) is 3.32. The van der Waals surface area contributed by atoms with Gasteiger partial charge in [-0.2, -0.15) is 0 Å². The Balaban J connectivity index is 1.84. The van der Waals surface area contributed by atoms with Gasteiger partial charge in [-0.25, -0.2) is 0 Å². The van der Waals surface area contributed by atoms with Crippen LogP contribution >= 0.6 is 0 Å². The summed E-state index contributed by atoms with van der Waals surface area (Å²) in [4.78, 5) is 37.8. The molecule has 0 spiro atoms. The smallest absolute Gasteiger partial charge is 0.237 e. The van der Waals surface area contributed by atoms with Gasteiger partial charge in [0.05, 0.1) is 11.6 Å². The molecule has 3 rings (SSSR count). The van der Waals surface area contributed by atoms with Crippen LogP contribution in [0.15, 0.2) is 48.5 Å². The summed E-state index contributed by atoms with van der Waals surface area (Å²) in [5.74, 6) is -0.840. The summed E-state index contributed by atoms with van der Waals surface area (Å²) < 4.78 is 0. The lowest BCUT2D eigenvalue weighted by Crippen LogP contribution is -2.31. The quantitative estimate of drug-likeness (QED) is 0.641. The monoisotopic (exact) mass is 321 g/mol. The van der Waals surface area contributed by atoms with Crippen LogP contribution in [0.3, 0.4) is 0 Å². The van der Waals surface area contributed by atoms with Gasteiger partial charge in [-0.3, -0.25) is 19.3 Å². The Kier molecular flexibility index (Phi) is 4.30. The van der Waals surface area contributed by atoms with E-state index in [1.807, 2.05) is 31.2 Å². The molecule has 1 heterocycles. The molecule has 2 amide bonds. The highest BCUT2D eigenvalue weighted by Crippen LogP contribution is 2.29. The maximum Gasteiger partial charge on any atom is 0.237 e. The van der Waals surface area contributed by atoms with Gasteiger partial charge in [0.25, 0.3) is 0 Å². The highest BCUT2D eigenvalue weighted by atomic mass is 16.2. The Morgan fingerprint density at radius 2 is 1.88 bits per heavy atom. The number of aryl methyl sites for hydroxylation is 1. The lowest BCUT2D eigenvalue weighted by molar-refractivity contribution is -0.122. The van der Waals surface area contributed by atoms with Gasteiger partial charge >= 0.3 is 0 Å². The van der Waals surface area contributed by atoms with E-state index in [0.29, 0.717) is 17.7 Å². The van der Waals surface area contributed by atoms with Crippen LogP contribution in [0.2, 0.25) is 0 Å². The number of hydrogen-bond donors (Lipinski definition) is 0. The summed E-state index contributed by atoms with van der Waals surface area (Å²) in [5.41, 5.74) is 3.16. The summed E-state index contributed by atoms with van der Waals surface area (Å²) in [6.45, 7) is 3.47. The molecule has 24 heavy (non-hydrogen) atoms. The zero-order valence-corrected chi connectivity index (χ0v) is 13.8. The van der Waals surface area contributed by atoms with Crippen molar-refractivity contribution in [1.82, 2.24) is 0 Å². The van der Waals surface area contributed by atoms with Crippen molar-refractivity contribution in [1.29, 1.82) is 0 Å². The number of nitrogens with zero attached hydrogens (tertiary/aromatic N) is 1. The normalized spacial score (nSPS) is 17.4. The van der Waals surface area contributed by atoms with E-state index in [4.69, 9.17) is 0 Å². The molecule has 0 saturated carbocycles. The van der Waals surface area contributed by atoms with E-state index in [1.54, 1.807) is 24.3 Å². The van der Waals surface area contributed by atoms with Crippen LogP contribution in [0.25, 0.3) is 0 Å². The first-order chi connectivity index (χ1) is 11.5. The first-order valence-electron chi connectivity index (χ1n) is 7.99. The van der Waals surface area contributed by atoms with Crippen molar-refractivity contribution in [2.75, 3.05) is 4.90 Å². The van der Waals surface area contributed by atoms with Crippen molar-refractivity contribution in [3.05, 3.63) is 65.2 Å². The minimum atomic E-state index is -0.347. The number of Topliss-reactive ketones (excluding diaryl/α,β-unsaturated/α-hetero) is 1. The second-order valence-corrected chi connectivity index (χ2v) is 6.27. The predicted molar refractivity (Wildman–Crippen MR) is 91.9 cm³/mol. The number of carbonyl (C=O) groups excluding carboxylic acids is 3. The van der Waals surface area contributed by atoms with Crippen LogP contribution in [0.1, 0.15) is 34.8 Å². The fourth-order valence-electron chi connectivity index (χ4n) is 3.11. The molecule has 0 aromatic heterocycles. The third-order valence-corrected chi connectivity index (χ3v) is 4.32. The van der Waals surface area contributed by atoms with Crippen LogP contribution in [0, 0.1) is 12.8 Å². The zero-order chi connectivity index (χ0) is 17.3. The fraction of sp³-hybridized carbons (Fsp3) is 0.250. The molecule has 2 aromatic carbocycles. The van der Waals surface area contributed by atoms with E-state index in [9.17, 15) is 14.4 Å². The Bertz CT molecular complexity index is 825. The summed E-state index contributed by atoms with van der Waals surface area (Å²) in [6.07, 6.45) is 0.756. The average Bonchev–Trinajstić information content (AvgIpc) is 2.81. The van der Waals surface area contributed by atoms with Crippen LogP contribution in [0.4, 0.5) is 5.69 Å². The average molecular weight is 321 g/mol. The Morgan fingerprint density at radius 3 is 2.58 bits per heavy atom. The lowest BCUT2D eigenvalue weighted by Gasteiger charge is -2.16. The number of carbonyl (C=O) groups is 3. The van der Waals surface area contributed by atoms with E-state index >= 15 is 0 Å². The van der Waals surface area contributed by atoms with E-state index < -0.39 is 0 Å². The molecule has 4 heteroatoms. The number of imide groups is 1. The Labute approximate surface area is 141 Å². The summed E-state index contributed by atoms with van der Waals surface area (Å²) in [5, 5.41) is 0. The van der Waals surface area contributed by atoms with Crippen molar-refractivity contribution in [3.8, 4) is 0 Å². The highest BCUT2D eigenvalue weighted by Gasteiger charge is 2.39. The maximum absolute atomic E-state index is 12.7. The number of rotatable bonds is 4. The molecule has 0 bridgehead atoms. The molecule has 1 fully saturated rings.